The smallest absolute Gasteiger partial charge is 0.416 e. The van der Waals surface area contributed by atoms with Gasteiger partial charge in [-0.1, -0.05) is 6.07 Å². The average molecular weight is 442 g/mol. The quantitative estimate of drug-likeness (QED) is 0.712. The van der Waals surface area contributed by atoms with E-state index in [9.17, 15) is 31.5 Å². The van der Waals surface area contributed by atoms with Crippen molar-refractivity contribution in [3.8, 4) is 0 Å². The Labute approximate surface area is 172 Å². The van der Waals surface area contributed by atoms with Crippen LogP contribution in [0.25, 0.3) is 0 Å². The van der Waals surface area contributed by atoms with Gasteiger partial charge in [-0.25, -0.2) is 13.2 Å². The van der Waals surface area contributed by atoms with Gasteiger partial charge in [0.25, 0.3) is 10.0 Å². The van der Waals surface area contributed by atoms with Gasteiger partial charge >= 0.3 is 12.1 Å². The Bertz CT molecular complexity index is 1060. The molecule has 30 heavy (non-hydrogen) atoms. The van der Waals surface area contributed by atoms with Gasteiger partial charge in [0.05, 0.1) is 27.4 Å². The highest BCUT2D eigenvalue weighted by molar-refractivity contribution is 7.92. The summed E-state index contributed by atoms with van der Waals surface area (Å²) >= 11 is 0. The lowest BCUT2D eigenvalue weighted by Gasteiger charge is -2.31. The lowest BCUT2D eigenvalue weighted by Crippen LogP contribution is -2.30. The predicted octanol–water partition coefficient (Wildman–Crippen LogP) is 4.50. The second-order valence-corrected chi connectivity index (χ2v) is 8.85. The lowest BCUT2D eigenvalue weighted by atomic mass is 10.1. The molecule has 3 rings (SSSR count). The van der Waals surface area contributed by atoms with Crippen molar-refractivity contribution in [2.24, 2.45) is 0 Å². The van der Waals surface area contributed by atoms with Gasteiger partial charge < -0.3 is 10.0 Å². The number of nitrogens with zero attached hydrogens (tertiary/aromatic N) is 1. The van der Waals surface area contributed by atoms with Crippen molar-refractivity contribution in [3.05, 3.63) is 53.1 Å². The van der Waals surface area contributed by atoms with Gasteiger partial charge in [-0.15, -0.1) is 0 Å². The number of rotatable bonds is 5. The molecule has 10 heteroatoms. The third-order valence-electron chi connectivity index (χ3n) is 5.01. The first kappa shape index (κ1) is 21.9. The lowest BCUT2D eigenvalue weighted by molar-refractivity contribution is -0.137. The van der Waals surface area contributed by atoms with Gasteiger partial charge in [0.1, 0.15) is 0 Å². The van der Waals surface area contributed by atoms with Crippen LogP contribution in [-0.4, -0.2) is 32.6 Å². The Kier molecular flexibility index (Phi) is 5.98. The summed E-state index contributed by atoms with van der Waals surface area (Å²) in [7, 11) is -4.32. The molecule has 1 fully saturated rings. The first-order valence-corrected chi connectivity index (χ1v) is 10.8. The number of halogens is 3. The molecular weight excluding hydrogens is 421 g/mol. The van der Waals surface area contributed by atoms with E-state index in [-0.39, 0.29) is 16.1 Å². The average Bonchev–Trinajstić information content (AvgIpc) is 2.67. The number of alkyl halides is 3. The largest absolute Gasteiger partial charge is 0.478 e. The molecular formula is C20H21F3N2O4S. The molecule has 6 nitrogen and oxygen atoms in total. The van der Waals surface area contributed by atoms with Gasteiger partial charge in [0.2, 0.25) is 0 Å². The number of nitrogens with one attached hydrogen (secondary N) is 1. The van der Waals surface area contributed by atoms with Crippen molar-refractivity contribution >= 4 is 27.4 Å². The fourth-order valence-electron chi connectivity index (χ4n) is 3.41. The van der Waals surface area contributed by atoms with Crippen molar-refractivity contribution in [2.75, 3.05) is 22.7 Å². The topological polar surface area (TPSA) is 86.7 Å². The van der Waals surface area contributed by atoms with E-state index < -0.39 is 27.7 Å². The van der Waals surface area contributed by atoms with Crippen LogP contribution in [0.4, 0.5) is 24.5 Å². The summed E-state index contributed by atoms with van der Waals surface area (Å²) < 4.78 is 67.7. The number of hydrogen-bond donors (Lipinski definition) is 2. The fraction of sp³-hybridized carbons (Fsp3) is 0.350. The number of benzene rings is 2. The maximum absolute atomic E-state index is 13.2. The molecule has 0 spiro atoms. The first-order valence-electron chi connectivity index (χ1n) is 9.32. The maximum atomic E-state index is 13.2. The number of aryl methyl sites for hydroxylation is 1. The SMILES string of the molecule is Cc1ccc(S(=O)(=O)Nc2cc(C(F)(F)F)ccc2N2CCCCC2)cc1C(=O)O. The molecule has 1 saturated heterocycles. The standard InChI is InChI=1S/C20H21F3N2O4S/c1-13-5-7-15(12-16(13)19(26)27)30(28,29)24-17-11-14(20(21,22)23)6-8-18(17)25-9-3-2-4-10-25/h5-8,11-12,24H,2-4,9-10H2,1H3,(H,26,27). The summed E-state index contributed by atoms with van der Waals surface area (Å²) in [4.78, 5) is 12.8. The zero-order valence-electron chi connectivity index (χ0n) is 16.2. The Balaban J connectivity index is 2.05. The summed E-state index contributed by atoms with van der Waals surface area (Å²) in [6, 6.07) is 6.52. The molecule has 0 aliphatic carbocycles. The number of carboxylic acid groups (broad SMARTS) is 1. The second kappa shape index (κ2) is 8.17. The molecule has 2 aromatic rings. The number of anilines is 2. The van der Waals surface area contributed by atoms with Crippen LogP contribution in [0.15, 0.2) is 41.3 Å². The van der Waals surface area contributed by atoms with Crippen molar-refractivity contribution in [1.82, 2.24) is 0 Å². The highest BCUT2D eigenvalue weighted by Crippen LogP contribution is 2.37. The van der Waals surface area contributed by atoms with Crippen LogP contribution in [0.1, 0.15) is 40.7 Å². The summed E-state index contributed by atoms with van der Waals surface area (Å²) in [5.41, 5.74) is -0.634. The van der Waals surface area contributed by atoms with E-state index in [1.165, 1.54) is 25.1 Å². The number of aromatic carboxylic acids is 1. The minimum absolute atomic E-state index is 0.191. The molecule has 0 radical (unpaired) electrons. The Morgan fingerprint density at radius 2 is 1.73 bits per heavy atom. The summed E-state index contributed by atoms with van der Waals surface area (Å²) in [5.74, 6) is -1.29. The van der Waals surface area contributed by atoms with Crippen LogP contribution in [0.2, 0.25) is 0 Å². The van der Waals surface area contributed by atoms with E-state index in [1.807, 2.05) is 4.90 Å². The highest BCUT2D eigenvalue weighted by Gasteiger charge is 2.32. The van der Waals surface area contributed by atoms with E-state index in [0.717, 1.165) is 37.5 Å². The van der Waals surface area contributed by atoms with Crippen molar-refractivity contribution in [2.45, 2.75) is 37.3 Å². The molecule has 0 aromatic heterocycles. The summed E-state index contributed by atoms with van der Waals surface area (Å²) in [6.45, 7) is 2.73. The first-order chi connectivity index (χ1) is 14.0. The molecule has 0 unspecified atom stereocenters. The van der Waals surface area contributed by atoms with Crippen LogP contribution >= 0.6 is 0 Å². The van der Waals surface area contributed by atoms with Crippen LogP contribution in [-0.2, 0) is 16.2 Å². The zero-order chi connectivity index (χ0) is 22.1. The van der Waals surface area contributed by atoms with Crippen LogP contribution in [0.3, 0.4) is 0 Å². The Morgan fingerprint density at radius 3 is 2.33 bits per heavy atom. The number of carboxylic acids is 1. The minimum atomic E-state index is -4.64. The number of piperidine rings is 1. The van der Waals surface area contributed by atoms with E-state index >= 15 is 0 Å². The van der Waals surface area contributed by atoms with E-state index in [1.54, 1.807) is 0 Å². The van der Waals surface area contributed by atoms with E-state index in [0.29, 0.717) is 24.3 Å². The monoisotopic (exact) mass is 442 g/mol. The number of carbonyl (C=O) groups is 1. The fourth-order valence-corrected chi connectivity index (χ4v) is 4.50. The number of sulfonamides is 1. The summed E-state index contributed by atoms with van der Waals surface area (Å²) in [6.07, 6.45) is -1.93. The normalized spacial score (nSPS) is 15.1. The van der Waals surface area contributed by atoms with E-state index in [4.69, 9.17) is 0 Å². The number of hydrogen-bond acceptors (Lipinski definition) is 4. The third-order valence-corrected chi connectivity index (χ3v) is 6.38. The van der Waals surface area contributed by atoms with Crippen molar-refractivity contribution in [3.63, 3.8) is 0 Å². The maximum Gasteiger partial charge on any atom is 0.416 e. The van der Waals surface area contributed by atoms with E-state index in [2.05, 4.69) is 4.72 Å². The van der Waals surface area contributed by atoms with Gasteiger partial charge in [-0.3, -0.25) is 4.72 Å². The molecule has 0 bridgehead atoms. The summed E-state index contributed by atoms with van der Waals surface area (Å²) in [5, 5.41) is 9.24. The van der Waals surface area contributed by atoms with Crippen LogP contribution < -0.4 is 9.62 Å². The van der Waals surface area contributed by atoms with Gasteiger partial charge in [-0.05, 0) is 62.1 Å². The van der Waals surface area contributed by atoms with Crippen molar-refractivity contribution < 1.29 is 31.5 Å². The second-order valence-electron chi connectivity index (χ2n) is 7.16. The van der Waals surface area contributed by atoms with Gasteiger partial charge in [0.15, 0.2) is 0 Å². The molecule has 162 valence electrons. The van der Waals surface area contributed by atoms with Gasteiger partial charge in [0, 0.05) is 13.1 Å². The van der Waals surface area contributed by atoms with Gasteiger partial charge in [-0.2, -0.15) is 13.2 Å². The van der Waals surface area contributed by atoms with Crippen molar-refractivity contribution in [1.29, 1.82) is 0 Å². The minimum Gasteiger partial charge on any atom is -0.478 e. The van der Waals surface area contributed by atoms with Crippen LogP contribution in [0, 0.1) is 6.92 Å². The molecule has 0 atom stereocenters. The molecule has 2 N–H and O–H groups in total. The Hall–Kier alpha value is -2.75. The Morgan fingerprint density at radius 1 is 1.07 bits per heavy atom. The third kappa shape index (κ3) is 4.69. The molecule has 0 saturated carbocycles. The predicted molar refractivity (Wildman–Crippen MR) is 106 cm³/mol. The molecule has 0 amide bonds. The highest BCUT2D eigenvalue weighted by atomic mass is 32.2. The molecule has 1 aliphatic heterocycles. The molecule has 2 aromatic carbocycles. The molecule has 1 aliphatic rings. The molecule has 1 heterocycles. The van der Waals surface area contributed by atoms with Crippen LogP contribution in [0.5, 0.6) is 0 Å². The zero-order valence-corrected chi connectivity index (χ0v) is 17.0.